The lowest BCUT2D eigenvalue weighted by atomic mass is 10.1. The van der Waals surface area contributed by atoms with E-state index >= 15 is 0 Å². The first kappa shape index (κ1) is 13.5. The molecule has 0 spiro atoms. The van der Waals surface area contributed by atoms with Gasteiger partial charge in [-0.25, -0.2) is 8.42 Å². The molecule has 1 aliphatic heterocycles. The Labute approximate surface area is 114 Å². The molecule has 0 bridgehead atoms. The Morgan fingerprint density at radius 1 is 1.59 bits per heavy atom. The van der Waals surface area contributed by atoms with Crippen molar-refractivity contribution in [3.05, 3.63) is 15.4 Å². The molecular weight excluding hydrogens is 324 g/mol. The van der Waals surface area contributed by atoms with Crippen LogP contribution in [-0.4, -0.2) is 31.9 Å². The average molecular weight is 339 g/mol. The number of nitrogens with two attached hydrogens (primary N) is 1. The van der Waals surface area contributed by atoms with E-state index < -0.39 is 10.0 Å². The van der Waals surface area contributed by atoms with Crippen LogP contribution >= 0.6 is 27.3 Å². The van der Waals surface area contributed by atoms with E-state index in [0.717, 1.165) is 22.2 Å². The number of hydrogen-bond acceptors (Lipinski definition) is 4. The van der Waals surface area contributed by atoms with Gasteiger partial charge >= 0.3 is 0 Å². The summed E-state index contributed by atoms with van der Waals surface area (Å²) in [5.74, 6) is 0. The molecule has 0 aromatic carbocycles. The molecule has 0 aliphatic carbocycles. The maximum Gasteiger partial charge on any atom is 0.252 e. The van der Waals surface area contributed by atoms with Crippen LogP contribution in [0.2, 0.25) is 0 Å². The first-order chi connectivity index (χ1) is 7.91. The third-order valence-corrected chi connectivity index (χ3v) is 7.30. The molecule has 17 heavy (non-hydrogen) atoms. The Kier molecular flexibility index (Phi) is 3.94. The minimum absolute atomic E-state index is 0.0389. The van der Waals surface area contributed by atoms with E-state index in [9.17, 15) is 8.42 Å². The molecule has 1 unspecified atom stereocenters. The lowest BCUT2D eigenvalue weighted by molar-refractivity contribution is 0.316. The van der Waals surface area contributed by atoms with Gasteiger partial charge in [0.15, 0.2) is 0 Å². The highest BCUT2D eigenvalue weighted by molar-refractivity contribution is 9.11. The summed E-state index contributed by atoms with van der Waals surface area (Å²) in [7, 11) is -3.35. The van der Waals surface area contributed by atoms with E-state index in [1.54, 1.807) is 6.07 Å². The van der Waals surface area contributed by atoms with E-state index in [0.29, 0.717) is 17.3 Å². The number of aryl methyl sites for hydroxylation is 1. The van der Waals surface area contributed by atoms with Gasteiger partial charge in [0.05, 0.1) is 3.79 Å². The number of hydrogen-bond donors (Lipinski definition) is 1. The zero-order chi connectivity index (χ0) is 12.6. The van der Waals surface area contributed by atoms with Gasteiger partial charge < -0.3 is 5.73 Å². The maximum atomic E-state index is 12.4. The second-order valence-corrected chi connectivity index (χ2v) is 8.82. The zero-order valence-corrected chi connectivity index (χ0v) is 12.7. The van der Waals surface area contributed by atoms with Gasteiger partial charge in [0, 0.05) is 19.1 Å². The number of halogens is 1. The molecule has 2 heterocycles. The smallest absolute Gasteiger partial charge is 0.252 e. The minimum Gasteiger partial charge on any atom is -0.327 e. The summed E-state index contributed by atoms with van der Waals surface area (Å²) in [6, 6.07) is 1.67. The van der Waals surface area contributed by atoms with E-state index in [1.807, 2.05) is 6.92 Å². The highest BCUT2D eigenvalue weighted by atomic mass is 79.9. The molecule has 1 saturated heterocycles. The summed E-state index contributed by atoms with van der Waals surface area (Å²) in [5.41, 5.74) is 6.78. The van der Waals surface area contributed by atoms with E-state index in [2.05, 4.69) is 15.9 Å². The fourth-order valence-corrected chi connectivity index (χ4v) is 5.79. The Balaban J connectivity index is 2.29. The lowest BCUT2D eigenvalue weighted by Gasteiger charge is -2.29. The molecule has 0 radical (unpaired) electrons. The van der Waals surface area contributed by atoms with Gasteiger partial charge in [0.1, 0.15) is 4.21 Å². The first-order valence-corrected chi connectivity index (χ1v) is 8.48. The number of piperidine rings is 1. The molecule has 0 amide bonds. The highest BCUT2D eigenvalue weighted by Crippen LogP contribution is 2.33. The fourth-order valence-electron chi connectivity index (χ4n) is 1.88. The summed E-state index contributed by atoms with van der Waals surface area (Å²) in [6.45, 7) is 2.89. The van der Waals surface area contributed by atoms with Crippen molar-refractivity contribution in [2.75, 3.05) is 13.1 Å². The van der Waals surface area contributed by atoms with Crippen LogP contribution in [0.5, 0.6) is 0 Å². The summed E-state index contributed by atoms with van der Waals surface area (Å²) in [5, 5.41) is 0. The normalized spacial score (nSPS) is 22.9. The Morgan fingerprint density at radius 3 is 2.82 bits per heavy atom. The van der Waals surface area contributed by atoms with Crippen LogP contribution in [0, 0.1) is 6.92 Å². The molecule has 7 heteroatoms. The molecule has 1 aromatic rings. The van der Waals surface area contributed by atoms with Crippen molar-refractivity contribution in [2.24, 2.45) is 5.73 Å². The van der Waals surface area contributed by atoms with Gasteiger partial charge in [-0.3, -0.25) is 0 Å². The van der Waals surface area contributed by atoms with Gasteiger partial charge in [0.2, 0.25) is 0 Å². The standard InChI is InChI=1S/C10H15BrN2O2S2/c1-7-5-9(16-10(7)11)17(14,15)13-4-2-3-8(12)6-13/h5,8H,2-4,6,12H2,1H3. The van der Waals surface area contributed by atoms with Crippen LogP contribution in [-0.2, 0) is 10.0 Å². The third-order valence-electron chi connectivity index (χ3n) is 2.85. The van der Waals surface area contributed by atoms with Crippen molar-refractivity contribution in [1.82, 2.24) is 4.31 Å². The quantitative estimate of drug-likeness (QED) is 0.896. The SMILES string of the molecule is Cc1cc(S(=O)(=O)N2CCCC(N)C2)sc1Br. The Morgan fingerprint density at radius 2 is 2.29 bits per heavy atom. The first-order valence-electron chi connectivity index (χ1n) is 5.43. The van der Waals surface area contributed by atoms with Crippen molar-refractivity contribution in [3.63, 3.8) is 0 Å². The number of rotatable bonds is 2. The van der Waals surface area contributed by atoms with Crippen LogP contribution in [0.25, 0.3) is 0 Å². The second kappa shape index (κ2) is 4.97. The number of nitrogens with zero attached hydrogens (tertiary/aromatic N) is 1. The van der Waals surface area contributed by atoms with Gasteiger partial charge in [-0.2, -0.15) is 4.31 Å². The van der Waals surface area contributed by atoms with Gasteiger partial charge in [-0.15, -0.1) is 11.3 Å². The number of thiophene rings is 1. The molecule has 1 aromatic heterocycles. The molecule has 2 rings (SSSR count). The molecule has 1 fully saturated rings. The molecule has 1 atom stereocenters. The van der Waals surface area contributed by atoms with Crippen molar-refractivity contribution < 1.29 is 8.42 Å². The van der Waals surface area contributed by atoms with Crippen molar-refractivity contribution >= 4 is 37.3 Å². The van der Waals surface area contributed by atoms with E-state index in [-0.39, 0.29) is 6.04 Å². The Bertz CT molecular complexity index is 493. The predicted molar refractivity (Wildman–Crippen MR) is 72.7 cm³/mol. The summed E-state index contributed by atoms with van der Waals surface area (Å²) >= 11 is 4.62. The van der Waals surface area contributed by atoms with Gasteiger partial charge in [-0.05, 0) is 47.3 Å². The third kappa shape index (κ3) is 2.73. The predicted octanol–water partition coefficient (Wildman–Crippen LogP) is 1.93. The fraction of sp³-hybridized carbons (Fsp3) is 0.600. The van der Waals surface area contributed by atoms with E-state index in [4.69, 9.17) is 5.73 Å². The Hall–Kier alpha value is 0.0500. The zero-order valence-electron chi connectivity index (χ0n) is 9.52. The monoisotopic (exact) mass is 338 g/mol. The maximum absolute atomic E-state index is 12.4. The van der Waals surface area contributed by atoms with Crippen LogP contribution in [0.1, 0.15) is 18.4 Å². The molecular formula is C10H15BrN2O2S2. The summed E-state index contributed by atoms with van der Waals surface area (Å²) in [6.07, 6.45) is 1.74. The average Bonchev–Trinajstić information content (AvgIpc) is 2.60. The highest BCUT2D eigenvalue weighted by Gasteiger charge is 2.30. The van der Waals surface area contributed by atoms with Gasteiger partial charge in [-0.1, -0.05) is 0 Å². The molecule has 0 saturated carbocycles. The molecule has 4 nitrogen and oxygen atoms in total. The van der Waals surface area contributed by atoms with Crippen molar-refractivity contribution in [3.8, 4) is 0 Å². The topological polar surface area (TPSA) is 63.4 Å². The molecule has 1 aliphatic rings. The summed E-state index contributed by atoms with van der Waals surface area (Å²) < 4.78 is 27.5. The molecule has 96 valence electrons. The van der Waals surface area contributed by atoms with Crippen LogP contribution in [0.4, 0.5) is 0 Å². The minimum atomic E-state index is -3.35. The lowest BCUT2D eigenvalue weighted by Crippen LogP contribution is -2.45. The van der Waals surface area contributed by atoms with Crippen molar-refractivity contribution in [1.29, 1.82) is 0 Å². The van der Waals surface area contributed by atoms with Crippen LogP contribution < -0.4 is 5.73 Å². The van der Waals surface area contributed by atoms with Crippen LogP contribution in [0.3, 0.4) is 0 Å². The number of sulfonamides is 1. The largest absolute Gasteiger partial charge is 0.327 e. The van der Waals surface area contributed by atoms with Crippen LogP contribution in [0.15, 0.2) is 14.1 Å². The summed E-state index contributed by atoms with van der Waals surface area (Å²) in [4.78, 5) is 0. The van der Waals surface area contributed by atoms with Gasteiger partial charge in [0.25, 0.3) is 10.0 Å². The second-order valence-electron chi connectivity index (χ2n) is 4.29. The van der Waals surface area contributed by atoms with E-state index in [1.165, 1.54) is 15.6 Å². The van der Waals surface area contributed by atoms with Crippen molar-refractivity contribution in [2.45, 2.75) is 30.0 Å². The molecule has 2 N–H and O–H groups in total.